The van der Waals surface area contributed by atoms with Crippen LogP contribution in [0, 0.1) is 17.3 Å². The Morgan fingerprint density at radius 1 is 1.36 bits per heavy atom. The molecular weight excluding hydrogens is 393 g/mol. The molecule has 0 unspecified atom stereocenters. The number of benzene rings is 1. The first-order valence-electron chi connectivity index (χ1n) is 9.39. The highest BCUT2D eigenvalue weighted by Gasteiger charge is 2.69. The Morgan fingerprint density at radius 3 is 2.57 bits per heavy atom. The van der Waals surface area contributed by atoms with Gasteiger partial charge in [-0.1, -0.05) is 50.9 Å². The third-order valence-corrected chi connectivity index (χ3v) is 6.77. The van der Waals surface area contributed by atoms with E-state index < -0.39 is 23.7 Å². The molecule has 1 saturated carbocycles. The number of alkyl halides is 3. The lowest BCUT2D eigenvalue weighted by Crippen LogP contribution is -2.62. The van der Waals surface area contributed by atoms with E-state index in [0.717, 1.165) is 6.42 Å². The van der Waals surface area contributed by atoms with Crippen LogP contribution in [0.2, 0.25) is 5.02 Å². The van der Waals surface area contributed by atoms with Crippen LogP contribution < -0.4 is 0 Å². The maximum atomic E-state index is 14.1. The largest absolute Gasteiger partial charge is 0.439 e. The summed E-state index contributed by atoms with van der Waals surface area (Å²) in [5.41, 5.74) is -3.44. The van der Waals surface area contributed by atoms with Crippen LogP contribution >= 0.6 is 11.6 Å². The van der Waals surface area contributed by atoms with Crippen LogP contribution in [0.1, 0.15) is 56.8 Å². The minimum absolute atomic E-state index is 0.00862. The SMILES string of the molecule is CCC(C)(C)[C@@H]1CCC2=NN(C(=O)c3ccccc3Cl)[C@](O)(C(F)(F)F)[C@@H]2C1. The predicted molar refractivity (Wildman–Crippen MR) is 101 cm³/mol. The quantitative estimate of drug-likeness (QED) is 0.731. The number of hydrogen-bond acceptors (Lipinski definition) is 3. The molecule has 154 valence electrons. The molecule has 28 heavy (non-hydrogen) atoms. The van der Waals surface area contributed by atoms with Crippen LogP contribution in [0.15, 0.2) is 29.4 Å². The van der Waals surface area contributed by atoms with Gasteiger partial charge in [0.2, 0.25) is 0 Å². The van der Waals surface area contributed by atoms with Crippen molar-refractivity contribution in [2.75, 3.05) is 0 Å². The van der Waals surface area contributed by atoms with E-state index in [1.807, 2.05) is 20.8 Å². The summed E-state index contributed by atoms with van der Waals surface area (Å²) in [4.78, 5) is 12.9. The molecule has 0 saturated heterocycles. The molecule has 4 nitrogen and oxygen atoms in total. The molecule has 8 heteroatoms. The number of hydrazone groups is 1. The highest BCUT2D eigenvalue weighted by Crippen LogP contribution is 2.52. The van der Waals surface area contributed by atoms with Crippen molar-refractivity contribution in [2.45, 2.75) is 58.4 Å². The molecular formula is C20H24ClF3N2O2. The van der Waals surface area contributed by atoms with E-state index in [4.69, 9.17) is 11.6 Å². The molecule has 1 amide bonds. The van der Waals surface area contributed by atoms with Gasteiger partial charge in [-0.3, -0.25) is 4.79 Å². The summed E-state index contributed by atoms with van der Waals surface area (Å²) in [5, 5.41) is 15.1. The molecule has 1 aromatic carbocycles. The Hall–Kier alpha value is -1.60. The maximum Gasteiger partial charge on any atom is 0.439 e. The number of fused-ring (bicyclic) bond motifs is 1. The summed E-state index contributed by atoms with van der Waals surface area (Å²) in [6.45, 7) is 6.05. The maximum absolute atomic E-state index is 14.1. The van der Waals surface area contributed by atoms with Gasteiger partial charge in [-0.05, 0) is 42.7 Å². The van der Waals surface area contributed by atoms with E-state index in [1.165, 1.54) is 18.2 Å². The third-order valence-electron chi connectivity index (χ3n) is 6.44. The molecule has 0 spiro atoms. The van der Waals surface area contributed by atoms with Gasteiger partial charge < -0.3 is 5.11 Å². The fraction of sp³-hybridized carbons (Fsp3) is 0.600. The van der Waals surface area contributed by atoms with Crippen LogP contribution in [-0.4, -0.2) is 33.6 Å². The fourth-order valence-electron chi connectivity index (χ4n) is 4.17. The second kappa shape index (κ2) is 7.02. The van der Waals surface area contributed by atoms with Crippen LogP contribution in [0.4, 0.5) is 13.2 Å². The molecule has 2 aliphatic rings. The van der Waals surface area contributed by atoms with Crippen LogP contribution in [0.5, 0.6) is 0 Å². The van der Waals surface area contributed by atoms with Crippen molar-refractivity contribution >= 4 is 23.2 Å². The Balaban J connectivity index is 2.03. The number of carbonyl (C=O) groups is 1. The molecule has 0 aromatic heterocycles. The van der Waals surface area contributed by atoms with Gasteiger partial charge in [-0.15, -0.1) is 0 Å². The Labute approximate surface area is 167 Å². The van der Waals surface area contributed by atoms with Gasteiger partial charge in [-0.25, -0.2) is 0 Å². The summed E-state index contributed by atoms with van der Waals surface area (Å²) >= 11 is 6.00. The van der Waals surface area contributed by atoms with Gasteiger partial charge in [0, 0.05) is 5.71 Å². The van der Waals surface area contributed by atoms with E-state index in [1.54, 1.807) is 6.07 Å². The summed E-state index contributed by atoms with van der Waals surface area (Å²) in [6.07, 6.45) is -3.12. The number of carbonyl (C=O) groups excluding carboxylic acids is 1. The molecule has 1 aliphatic heterocycles. The van der Waals surface area contributed by atoms with Gasteiger partial charge in [0.25, 0.3) is 11.6 Å². The fourth-order valence-corrected chi connectivity index (χ4v) is 4.39. The van der Waals surface area contributed by atoms with E-state index >= 15 is 0 Å². The number of nitrogens with zero attached hydrogens (tertiary/aromatic N) is 2. The van der Waals surface area contributed by atoms with Gasteiger partial charge in [0.15, 0.2) is 0 Å². The van der Waals surface area contributed by atoms with E-state index in [9.17, 15) is 23.1 Å². The first-order valence-corrected chi connectivity index (χ1v) is 9.76. The average Bonchev–Trinajstić information content (AvgIpc) is 2.95. The van der Waals surface area contributed by atoms with Gasteiger partial charge in [0.05, 0.1) is 16.5 Å². The molecule has 1 aromatic rings. The van der Waals surface area contributed by atoms with Gasteiger partial charge >= 0.3 is 6.18 Å². The molecule has 1 aliphatic carbocycles. The second-order valence-corrected chi connectivity index (χ2v) is 8.69. The van der Waals surface area contributed by atoms with E-state index in [0.29, 0.717) is 12.8 Å². The van der Waals surface area contributed by atoms with Gasteiger partial charge in [0.1, 0.15) is 0 Å². The van der Waals surface area contributed by atoms with Crippen LogP contribution in [-0.2, 0) is 0 Å². The molecule has 3 atom stereocenters. The smallest absolute Gasteiger partial charge is 0.362 e. The van der Waals surface area contributed by atoms with E-state index in [2.05, 4.69) is 5.10 Å². The van der Waals surface area contributed by atoms with Crippen molar-refractivity contribution in [2.24, 2.45) is 22.4 Å². The van der Waals surface area contributed by atoms with Crippen LogP contribution in [0.25, 0.3) is 0 Å². The van der Waals surface area contributed by atoms with Crippen molar-refractivity contribution in [1.82, 2.24) is 5.01 Å². The zero-order valence-corrected chi connectivity index (χ0v) is 16.8. The Bertz CT molecular complexity index is 809. The standard InChI is InChI=1S/C20H24ClF3N2O2/c1-4-18(2,3)12-9-10-16-14(11-12)19(28,20(22,23)24)26(25-16)17(27)13-7-5-6-8-15(13)21/h5-8,12,14,28H,4,9-11H2,1-3H3/t12-,14-,19-/m1/s1. The minimum atomic E-state index is -5.06. The number of aliphatic hydroxyl groups is 1. The Morgan fingerprint density at radius 2 is 2.00 bits per heavy atom. The van der Waals surface area contributed by atoms with Crippen LogP contribution in [0.3, 0.4) is 0 Å². The van der Waals surface area contributed by atoms with Crippen molar-refractivity contribution in [3.63, 3.8) is 0 Å². The topological polar surface area (TPSA) is 52.9 Å². The molecule has 0 bridgehead atoms. The zero-order chi connectivity index (χ0) is 20.9. The van der Waals surface area contributed by atoms with Gasteiger partial charge in [-0.2, -0.15) is 23.3 Å². The third kappa shape index (κ3) is 3.22. The molecule has 1 heterocycles. The minimum Gasteiger partial charge on any atom is -0.362 e. The summed E-state index contributed by atoms with van der Waals surface area (Å²) in [7, 11) is 0. The lowest BCUT2D eigenvalue weighted by Gasteiger charge is -2.43. The van der Waals surface area contributed by atoms with E-state index in [-0.39, 0.29) is 39.1 Å². The molecule has 0 radical (unpaired) electrons. The highest BCUT2D eigenvalue weighted by molar-refractivity contribution is 6.33. The normalized spacial score (nSPS) is 28.1. The highest BCUT2D eigenvalue weighted by atomic mass is 35.5. The zero-order valence-electron chi connectivity index (χ0n) is 16.1. The monoisotopic (exact) mass is 416 g/mol. The summed E-state index contributed by atoms with van der Waals surface area (Å²) in [6, 6.07) is 5.81. The number of amides is 1. The summed E-state index contributed by atoms with van der Waals surface area (Å²) in [5.74, 6) is -2.34. The van der Waals surface area contributed by atoms with Crippen molar-refractivity contribution in [3.05, 3.63) is 34.9 Å². The summed E-state index contributed by atoms with van der Waals surface area (Å²) < 4.78 is 42.3. The number of halogens is 4. The Kier molecular flexibility index (Phi) is 5.30. The molecule has 1 N–H and O–H groups in total. The van der Waals surface area contributed by atoms with Crippen molar-refractivity contribution in [3.8, 4) is 0 Å². The van der Waals surface area contributed by atoms with Crippen molar-refractivity contribution < 1.29 is 23.1 Å². The molecule has 1 fully saturated rings. The lowest BCUT2D eigenvalue weighted by atomic mass is 9.64. The van der Waals surface area contributed by atoms with Crippen molar-refractivity contribution in [1.29, 1.82) is 0 Å². The first kappa shape index (κ1) is 21.1. The molecule has 3 rings (SSSR count). The first-order chi connectivity index (χ1) is 12.9. The lowest BCUT2D eigenvalue weighted by molar-refractivity contribution is -0.314. The number of hydrogen-bond donors (Lipinski definition) is 1. The number of rotatable bonds is 3. The average molecular weight is 417 g/mol. The predicted octanol–water partition coefficient (Wildman–Crippen LogP) is 5.26. The second-order valence-electron chi connectivity index (χ2n) is 8.28.